The minimum Gasteiger partial charge on any atom is -0.468 e. The van der Waals surface area contributed by atoms with Crippen LogP contribution in [0.25, 0.3) is 0 Å². The molecule has 0 saturated carbocycles. The lowest BCUT2D eigenvalue weighted by molar-refractivity contribution is -0.153. The molecule has 0 aromatic carbocycles. The molecule has 0 aliphatic carbocycles. The van der Waals surface area contributed by atoms with Crippen LogP contribution in [-0.2, 0) is 9.53 Å². The molecule has 1 saturated heterocycles. The van der Waals surface area contributed by atoms with Crippen molar-refractivity contribution in [1.82, 2.24) is 9.80 Å². The summed E-state index contributed by atoms with van der Waals surface area (Å²) in [6, 6.07) is 0.334. The minimum absolute atomic E-state index is 0.00191. The lowest BCUT2D eigenvalue weighted by Crippen LogP contribution is -2.63. The Kier molecular flexibility index (Phi) is 4.55. The average Bonchev–Trinajstić information content (AvgIpc) is 2.25. The number of carbonyl (C=O) groups is 1. The molecular formula is C13H26N2O2. The maximum atomic E-state index is 11.9. The van der Waals surface area contributed by atoms with Crippen molar-refractivity contribution < 1.29 is 9.53 Å². The second-order valence-electron chi connectivity index (χ2n) is 5.99. The zero-order chi connectivity index (χ0) is 13.2. The van der Waals surface area contributed by atoms with E-state index in [-0.39, 0.29) is 17.6 Å². The number of piperazine rings is 1. The van der Waals surface area contributed by atoms with Gasteiger partial charge in [-0.05, 0) is 34.6 Å². The molecule has 0 N–H and O–H groups in total. The van der Waals surface area contributed by atoms with Gasteiger partial charge in [0.05, 0.1) is 7.11 Å². The first-order valence-corrected chi connectivity index (χ1v) is 6.36. The van der Waals surface area contributed by atoms with Crippen molar-refractivity contribution >= 4 is 5.97 Å². The SMILES string of the molecule is COC(=O)[C@H]1CN(C(C)C)CCN1C(C)(C)C. The van der Waals surface area contributed by atoms with Gasteiger partial charge in [0.2, 0.25) is 0 Å². The molecule has 1 heterocycles. The van der Waals surface area contributed by atoms with Crippen LogP contribution in [0.3, 0.4) is 0 Å². The van der Waals surface area contributed by atoms with Gasteiger partial charge in [-0.15, -0.1) is 0 Å². The molecule has 1 atom stereocenters. The van der Waals surface area contributed by atoms with Gasteiger partial charge < -0.3 is 4.74 Å². The maximum absolute atomic E-state index is 11.9. The largest absolute Gasteiger partial charge is 0.468 e. The molecule has 1 fully saturated rings. The minimum atomic E-state index is -0.142. The maximum Gasteiger partial charge on any atom is 0.324 e. The number of nitrogens with zero attached hydrogens (tertiary/aromatic N) is 2. The Morgan fingerprint density at radius 2 is 1.88 bits per heavy atom. The van der Waals surface area contributed by atoms with Gasteiger partial charge in [-0.25, -0.2) is 0 Å². The molecule has 1 aliphatic heterocycles. The van der Waals surface area contributed by atoms with Gasteiger partial charge in [-0.1, -0.05) is 0 Å². The van der Waals surface area contributed by atoms with Gasteiger partial charge in [0.15, 0.2) is 0 Å². The van der Waals surface area contributed by atoms with Gasteiger partial charge in [0, 0.05) is 31.2 Å². The van der Waals surface area contributed by atoms with Crippen molar-refractivity contribution in [3.63, 3.8) is 0 Å². The first kappa shape index (κ1) is 14.5. The van der Waals surface area contributed by atoms with Crippen molar-refractivity contribution in [2.24, 2.45) is 0 Å². The van der Waals surface area contributed by atoms with Crippen LogP contribution >= 0.6 is 0 Å². The second-order valence-corrected chi connectivity index (χ2v) is 5.99. The molecule has 0 aromatic rings. The average molecular weight is 242 g/mol. The summed E-state index contributed by atoms with van der Waals surface area (Å²) in [5.74, 6) is -0.120. The number of carbonyl (C=O) groups excluding carboxylic acids is 1. The normalized spacial score (nSPS) is 24.1. The second kappa shape index (κ2) is 5.36. The van der Waals surface area contributed by atoms with E-state index in [2.05, 4.69) is 44.4 Å². The summed E-state index contributed by atoms with van der Waals surface area (Å²) in [4.78, 5) is 16.5. The molecule has 0 radical (unpaired) electrons. The van der Waals surface area contributed by atoms with E-state index in [0.717, 1.165) is 19.6 Å². The standard InChI is InChI=1S/C13H26N2O2/c1-10(2)14-7-8-15(13(3,4)5)11(9-14)12(16)17-6/h10-11H,7-9H2,1-6H3/t11-/m1/s1. The van der Waals surface area contributed by atoms with Gasteiger partial charge in [-0.3, -0.25) is 14.6 Å². The Morgan fingerprint density at radius 1 is 1.29 bits per heavy atom. The van der Waals surface area contributed by atoms with Crippen LogP contribution in [0.15, 0.2) is 0 Å². The monoisotopic (exact) mass is 242 g/mol. The Hall–Kier alpha value is -0.610. The Bertz CT molecular complexity index is 271. The summed E-state index contributed by atoms with van der Waals surface area (Å²) in [5.41, 5.74) is 0.00191. The van der Waals surface area contributed by atoms with E-state index in [1.807, 2.05) is 0 Å². The topological polar surface area (TPSA) is 32.8 Å². The van der Waals surface area contributed by atoms with E-state index in [9.17, 15) is 4.79 Å². The summed E-state index contributed by atoms with van der Waals surface area (Å²) >= 11 is 0. The van der Waals surface area contributed by atoms with Crippen LogP contribution in [-0.4, -0.2) is 60.1 Å². The van der Waals surface area contributed by atoms with Crippen molar-refractivity contribution in [3.05, 3.63) is 0 Å². The highest BCUT2D eigenvalue weighted by Crippen LogP contribution is 2.22. The van der Waals surface area contributed by atoms with E-state index in [1.165, 1.54) is 7.11 Å². The number of hydrogen-bond donors (Lipinski definition) is 0. The Morgan fingerprint density at radius 3 is 2.29 bits per heavy atom. The highest BCUT2D eigenvalue weighted by atomic mass is 16.5. The molecule has 0 bridgehead atoms. The fraction of sp³-hybridized carbons (Fsp3) is 0.923. The lowest BCUT2D eigenvalue weighted by Gasteiger charge is -2.47. The third-order valence-corrected chi connectivity index (χ3v) is 3.48. The summed E-state index contributed by atoms with van der Waals surface area (Å²) in [6.07, 6.45) is 0. The van der Waals surface area contributed by atoms with Crippen LogP contribution in [0.2, 0.25) is 0 Å². The zero-order valence-corrected chi connectivity index (χ0v) is 12.0. The van der Waals surface area contributed by atoms with E-state index < -0.39 is 0 Å². The first-order valence-electron chi connectivity index (χ1n) is 6.36. The summed E-state index contributed by atoms with van der Waals surface area (Å²) in [6.45, 7) is 13.5. The molecule has 0 amide bonds. The predicted octanol–water partition coefficient (Wildman–Crippen LogP) is 1.35. The summed E-state index contributed by atoms with van der Waals surface area (Å²) in [7, 11) is 1.47. The van der Waals surface area contributed by atoms with Crippen molar-refractivity contribution in [2.75, 3.05) is 26.7 Å². The molecule has 0 unspecified atom stereocenters. The number of hydrogen-bond acceptors (Lipinski definition) is 4. The van der Waals surface area contributed by atoms with Gasteiger partial charge in [0.1, 0.15) is 6.04 Å². The van der Waals surface area contributed by atoms with E-state index in [4.69, 9.17) is 4.74 Å². The summed E-state index contributed by atoms with van der Waals surface area (Å²) < 4.78 is 4.94. The van der Waals surface area contributed by atoms with E-state index >= 15 is 0 Å². The summed E-state index contributed by atoms with van der Waals surface area (Å²) in [5, 5.41) is 0. The van der Waals surface area contributed by atoms with Gasteiger partial charge >= 0.3 is 5.97 Å². The smallest absolute Gasteiger partial charge is 0.324 e. The van der Waals surface area contributed by atoms with Crippen molar-refractivity contribution in [2.45, 2.75) is 52.2 Å². The number of esters is 1. The number of ether oxygens (including phenoxy) is 1. The molecular weight excluding hydrogens is 216 g/mol. The van der Waals surface area contributed by atoms with Crippen LogP contribution in [0.1, 0.15) is 34.6 Å². The quantitative estimate of drug-likeness (QED) is 0.684. The van der Waals surface area contributed by atoms with E-state index in [0.29, 0.717) is 6.04 Å². The van der Waals surface area contributed by atoms with Crippen LogP contribution in [0, 0.1) is 0 Å². The molecule has 4 nitrogen and oxygen atoms in total. The van der Waals surface area contributed by atoms with Crippen LogP contribution in [0.4, 0.5) is 0 Å². The fourth-order valence-electron chi connectivity index (χ4n) is 2.41. The van der Waals surface area contributed by atoms with Gasteiger partial charge in [0.25, 0.3) is 0 Å². The van der Waals surface area contributed by atoms with Crippen LogP contribution < -0.4 is 0 Å². The highest BCUT2D eigenvalue weighted by Gasteiger charge is 2.39. The van der Waals surface area contributed by atoms with E-state index in [1.54, 1.807) is 0 Å². The molecule has 17 heavy (non-hydrogen) atoms. The van der Waals surface area contributed by atoms with Crippen molar-refractivity contribution in [3.8, 4) is 0 Å². The predicted molar refractivity (Wildman–Crippen MR) is 69.0 cm³/mol. The number of rotatable bonds is 2. The molecule has 0 aromatic heterocycles. The Labute approximate surface area is 105 Å². The number of methoxy groups -OCH3 is 1. The third-order valence-electron chi connectivity index (χ3n) is 3.48. The molecule has 100 valence electrons. The highest BCUT2D eigenvalue weighted by molar-refractivity contribution is 5.76. The van der Waals surface area contributed by atoms with Gasteiger partial charge in [-0.2, -0.15) is 0 Å². The molecule has 1 rings (SSSR count). The first-order chi connectivity index (χ1) is 7.77. The zero-order valence-electron chi connectivity index (χ0n) is 12.0. The third kappa shape index (κ3) is 3.42. The lowest BCUT2D eigenvalue weighted by atomic mass is 9.99. The van der Waals surface area contributed by atoms with Crippen molar-refractivity contribution in [1.29, 1.82) is 0 Å². The fourth-order valence-corrected chi connectivity index (χ4v) is 2.41. The Balaban J connectivity index is 2.83. The van der Waals surface area contributed by atoms with Crippen LogP contribution in [0.5, 0.6) is 0 Å². The molecule has 1 aliphatic rings. The molecule has 4 heteroatoms. The molecule has 0 spiro atoms.